The van der Waals surface area contributed by atoms with E-state index >= 15 is 0 Å². The van der Waals surface area contributed by atoms with Crippen molar-refractivity contribution in [1.82, 2.24) is 0 Å². The molecule has 0 aliphatic carbocycles. The van der Waals surface area contributed by atoms with Crippen LogP contribution in [0.2, 0.25) is 0 Å². The molecule has 0 aliphatic heterocycles. The van der Waals surface area contributed by atoms with Gasteiger partial charge in [-0.1, -0.05) is 6.92 Å². The molecule has 0 saturated heterocycles. The zero-order valence-electron chi connectivity index (χ0n) is 8.52. The summed E-state index contributed by atoms with van der Waals surface area (Å²) in [6, 6.07) is 0. The summed E-state index contributed by atoms with van der Waals surface area (Å²) in [4.78, 5) is 0. The fourth-order valence-corrected chi connectivity index (χ4v) is 2.55. The number of hydrogen-bond acceptors (Lipinski definition) is 5. The van der Waals surface area contributed by atoms with Crippen LogP contribution in [0.4, 0.5) is 13.2 Å². The number of rotatable bonds is 6. The van der Waals surface area contributed by atoms with Gasteiger partial charge in [-0.3, -0.25) is 0 Å². The van der Waals surface area contributed by atoms with Gasteiger partial charge in [0.05, 0.1) is 6.26 Å². The molecule has 0 bridgehead atoms. The molecule has 0 N–H and O–H groups in total. The molecule has 0 aromatic carbocycles. The Morgan fingerprint density at radius 3 is 2.19 bits per heavy atom. The van der Waals surface area contributed by atoms with Crippen LogP contribution in [0.15, 0.2) is 0 Å². The van der Waals surface area contributed by atoms with E-state index in [2.05, 4.69) is 8.71 Å². The van der Waals surface area contributed by atoms with Crippen LogP contribution in [0.5, 0.6) is 0 Å². The predicted molar refractivity (Wildman–Crippen MR) is 49.6 cm³/mol. The van der Waals surface area contributed by atoms with Gasteiger partial charge in [0.1, 0.15) is 6.61 Å². The van der Waals surface area contributed by atoms with Crippen molar-refractivity contribution in [3.05, 3.63) is 0 Å². The second-order valence-electron chi connectivity index (χ2n) is 2.81. The molecule has 0 spiro atoms. The summed E-state index contributed by atoms with van der Waals surface area (Å²) in [5.41, 5.74) is 0. The highest BCUT2D eigenvalue weighted by Crippen LogP contribution is 2.42. The molecule has 0 rings (SSSR count). The summed E-state index contributed by atoms with van der Waals surface area (Å²) in [5, 5.41) is 0. The van der Waals surface area contributed by atoms with Gasteiger partial charge in [-0.2, -0.15) is 21.6 Å². The van der Waals surface area contributed by atoms with Gasteiger partial charge in [-0.05, 0) is 11.0 Å². The van der Waals surface area contributed by atoms with E-state index in [1.54, 1.807) is 6.92 Å². The zero-order valence-corrected chi connectivity index (χ0v) is 10.2. The lowest BCUT2D eigenvalue weighted by molar-refractivity contribution is -0.169. The van der Waals surface area contributed by atoms with Gasteiger partial charge < -0.3 is 0 Å². The summed E-state index contributed by atoms with van der Waals surface area (Å²) < 4.78 is 77.0. The third-order valence-electron chi connectivity index (χ3n) is 1.16. The molecule has 0 aromatic rings. The first-order valence-electron chi connectivity index (χ1n) is 4.12. The second kappa shape index (κ2) is 5.90. The van der Waals surface area contributed by atoms with E-state index < -0.39 is 30.2 Å². The molecule has 0 fully saturated rings. The third-order valence-corrected chi connectivity index (χ3v) is 3.06. The van der Waals surface area contributed by atoms with Gasteiger partial charge in [0, 0.05) is 0 Å². The van der Waals surface area contributed by atoms with Crippen molar-refractivity contribution in [2.75, 3.05) is 12.9 Å². The highest BCUT2D eigenvalue weighted by molar-refractivity contribution is 7.86. The largest absolute Gasteiger partial charge is 0.551 e. The lowest BCUT2D eigenvalue weighted by Crippen LogP contribution is -2.31. The van der Waals surface area contributed by atoms with Gasteiger partial charge in [0.15, 0.2) is 0 Å². The molecule has 0 aromatic heterocycles. The van der Waals surface area contributed by atoms with Gasteiger partial charge in [0.25, 0.3) is 10.1 Å². The summed E-state index contributed by atoms with van der Waals surface area (Å²) in [5.74, 6) is -2.95. The summed E-state index contributed by atoms with van der Waals surface area (Å²) in [6.07, 6.45) is -4.27. The van der Waals surface area contributed by atoms with E-state index in [4.69, 9.17) is 0 Å². The first kappa shape index (κ1) is 15.8. The van der Waals surface area contributed by atoms with E-state index in [-0.39, 0.29) is 6.61 Å². The number of halogens is 3. The Bertz CT molecular complexity index is 339. The Morgan fingerprint density at radius 1 is 1.38 bits per heavy atom. The molecule has 10 heteroatoms. The van der Waals surface area contributed by atoms with Gasteiger partial charge in [0.2, 0.25) is 0 Å². The van der Waals surface area contributed by atoms with Gasteiger partial charge in [-0.25, -0.2) is 4.18 Å². The molecule has 5 nitrogen and oxygen atoms in total. The molecule has 0 radical (unpaired) electrons. The summed E-state index contributed by atoms with van der Waals surface area (Å²) in [7, 11) is -7.64. The monoisotopic (exact) mass is 283 g/mol. The maximum Gasteiger partial charge on any atom is 0.551 e. The highest BCUT2D eigenvalue weighted by atomic mass is 32.2. The van der Waals surface area contributed by atoms with Crippen LogP contribution in [0.1, 0.15) is 13.3 Å². The topological polar surface area (TPSA) is 69.7 Å². The van der Waals surface area contributed by atoms with Crippen LogP contribution in [-0.2, 0) is 23.4 Å². The normalized spacial score (nSPS) is 15.9. The van der Waals surface area contributed by atoms with Crippen molar-refractivity contribution in [3.8, 4) is 0 Å². The van der Waals surface area contributed by atoms with Crippen molar-refractivity contribution in [3.63, 3.8) is 0 Å². The Labute approximate surface area is 91.9 Å². The molecule has 0 amide bonds. The average molecular weight is 283 g/mol. The number of hydrogen-bond donors (Lipinski definition) is 0. The zero-order chi connectivity index (χ0) is 13.0. The van der Waals surface area contributed by atoms with Crippen molar-refractivity contribution in [1.29, 1.82) is 0 Å². The van der Waals surface area contributed by atoms with Crippen LogP contribution in [0, 0.1) is 0 Å². The van der Waals surface area contributed by atoms with Crippen LogP contribution >= 0.6 is 8.03 Å². The molecule has 16 heavy (non-hydrogen) atoms. The molecule has 0 heterocycles. The van der Waals surface area contributed by atoms with Gasteiger partial charge >= 0.3 is 20.0 Å². The van der Waals surface area contributed by atoms with Crippen LogP contribution in [0.25, 0.3) is 0 Å². The SMILES string of the molecule is CCCO[P+](=O)C(OS(C)(=O)=O)C(F)(F)F. The lowest BCUT2D eigenvalue weighted by atomic mass is 10.5. The Hall–Kier alpha value is -0.240. The molecule has 2 unspecified atom stereocenters. The Balaban J connectivity index is 4.76. The number of alkyl halides is 3. The fourth-order valence-electron chi connectivity index (χ4n) is 0.624. The van der Waals surface area contributed by atoms with Crippen LogP contribution in [-0.4, -0.2) is 33.3 Å². The van der Waals surface area contributed by atoms with E-state index in [1.165, 1.54) is 0 Å². The lowest BCUT2D eigenvalue weighted by Gasteiger charge is -2.09. The smallest absolute Gasteiger partial charge is 0.206 e. The van der Waals surface area contributed by atoms with Crippen molar-refractivity contribution in [2.24, 2.45) is 0 Å². The third kappa shape index (κ3) is 6.37. The fraction of sp³-hybridized carbons (Fsp3) is 1.00. The minimum atomic E-state index is -5.07. The maximum atomic E-state index is 12.3. The molecule has 2 atom stereocenters. The Kier molecular flexibility index (Phi) is 5.81. The first-order valence-corrected chi connectivity index (χ1v) is 7.18. The highest BCUT2D eigenvalue weighted by Gasteiger charge is 2.58. The van der Waals surface area contributed by atoms with E-state index in [9.17, 15) is 26.2 Å². The predicted octanol–water partition coefficient (Wildman–Crippen LogP) is 2.02. The van der Waals surface area contributed by atoms with Crippen molar-refractivity contribution < 1.29 is 34.9 Å². The standard InChI is InChI=1S/C6H11F3O5PS/c1-3-4-13-15(10)5(6(7,8)9)14-16(2,11)12/h5H,3-4H2,1-2H3/q+1. The minimum absolute atomic E-state index is 0.172. The average Bonchev–Trinajstić information content (AvgIpc) is 2.07. The maximum absolute atomic E-state index is 12.3. The Morgan fingerprint density at radius 2 is 1.88 bits per heavy atom. The molecular formula is C6H11F3O5PS+. The van der Waals surface area contributed by atoms with Crippen molar-refractivity contribution in [2.45, 2.75) is 25.4 Å². The first-order chi connectivity index (χ1) is 7.08. The second-order valence-corrected chi connectivity index (χ2v) is 5.71. The van der Waals surface area contributed by atoms with Crippen molar-refractivity contribution >= 4 is 18.1 Å². The minimum Gasteiger partial charge on any atom is -0.206 e. The van der Waals surface area contributed by atoms with Crippen LogP contribution in [0.3, 0.4) is 0 Å². The van der Waals surface area contributed by atoms with Crippen LogP contribution < -0.4 is 0 Å². The molecule has 0 aliphatic rings. The molecular weight excluding hydrogens is 272 g/mol. The van der Waals surface area contributed by atoms with E-state index in [0.29, 0.717) is 12.7 Å². The van der Waals surface area contributed by atoms with Gasteiger partial charge in [-0.15, -0.1) is 4.52 Å². The summed E-state index contributed by atoms with van der Waals surface area (Å²) >= 11 is 0. The molecule has 96 valence electrons. The molecule has 0 saturated carbocycles. The van der Waals surface area contributed by atoms with E-state index in [1.807, 2.05) is 0 Å². The van der Waals surface area contributed by atoms with E-state index in [0.717, 1.165) is 0 Å². The quantitative estimate of drug-likeness (QED) is 0.551. The summed E-state index contributed by atoms with van der Waals surface area (Å²) in [6.45, 7) is 1.43.